The average Bonchev–Trinajstić information content (AvgIpc) is 2.19. The molecule has 0 unspecified atom stereocenters. The summed E-state index contributed by atoms with van der Waals surface area (Å²) in [5.74, 6) is 0. The highest BCUT2D eigenvalue weighted by atomic mass is 127. The van der Waals surface area contributed by atoms with Gasteiger partial charge in [0, 0.05) is 14.6 Å². The standard InChI is InChI=1S/C10H7F2IN2/c11-10(12)8-4-7(14)5-2-1-3-6(13)9(5)15-8/h1-4,10H,(H2,14,15). The Hall–Kier alpha value is -0.980. The number of anilines is 1. The van der Waals surface area contributed by atoms with Crippen molar-refractivity contribution in [1.82, 2.24) is 4.98 Å². The number of para-hydroxylation sites is 1. The topological polar surface area (TPSA) is 38.9 Å². The van der Waals surface area contributed by atoms with E-state index in [9.17, 15) is 8.78 Å². The van der Waals surface area contributed by atoms with Gasteiger partial charge in [0.1, 0.15) is 5.69 Å². The Balaban J connectivity index is 2.80. The van der Waals surface area contributed by atoms with Gasteiger partial charge in [-0.2, -0.15) is 0 Å². The SMILES string of the molecule is Nc1cc(C(F)F)nc2c(I)cccc12. The lowest BCUT2D eigenvalue weighted by molar-refractivity contribution is 0.146. The number of halogens is 3. The lowest BCUT2D eigenvalue weighted by Crippen LogP contribution is -1.97. The van der Waals surface area contributed by atoms with Gasteiger partial charge in [0.2, 0.25) is 0 Å². The molecule has 2 N–H and O–H groups in total. The fourth-order valence-corrected chi connectivity index (χ4v) is 1.99. The predicted octanol–water partition coefficient (Wildman–Crippen LogP) is 3.36. The van der Waals surface area contributed by atoms with Crippen molar-refractivity contribution in [2.24, 2.45) is 0 Å². The number of alkyl halides is 2. The molecule has 0 aliphatic rings. The van der Waals surface area contributed by atoms with Crippen molar-refractivity contribution < 1.29 is 8.78 Å². The van der Waals surface area contributed by atoms with Crippen molar-refractivity contribution in [2.45, 2.75) is 6.43 Å². The molecule has 1 aromatic carbocycles. The van der Waals surface area contributed by atoms with Crippen molar-refractivity contribution in [3.63, 3.8) is 0 Å². The fraction of sp³-hybridized carbons (Fsp3) is 0.100. The van der Waals surface area contributed by atoms with Crippen LogP contribution in [0.2, 0.25) is 0 Å². The summed E-state index contributed by atoms with van der Waals surface area (Å²) in [4.78, 5) is 3.90. The van der Waals surface area contributed by atoms with Crippen LogP contribution < -0.4 is 5.73 Å². The van der Waals surface area contributed by atoms with Crippen LogP contribution in [0.25, 0.3) is 10.9 Å². The lowest BCUT2D eigenvalue weighted by atomic mass is 10.1. The zero-order valence-electron chi connectivity index (χ0n) is 7.55. The minimum Gasteiger partial charge on any atom is -0.398 e. The molecule has 0 aliphatic carbocycles. The van der Waals surface area contributed by atoms with Crippen molar-refractivity contribution in [3.8, 4) is 0 Å². The van der Waals surface area contributed by atoms with Gasteiger partial charge in [-0.1, -0.05) is 12.1 Å². The zero-order valence-corrected chi connectivity index (χ0v) is 9.70. The molecular formula is C10H7F2IN2. The van der Waals surface area contributed by atoms with E-state index in [4.69, 9.17) is 5.73 Å². The number of nitrogens with zero attached hydrogens (tertiary/aromatic N) is 1. The Labute approximate surface area is 98.6 Å². The predicted molar refractivity (Wildman–Crippen MR) is 63.8 cm³/mol. The number of pyridine rings is 1. The molecule has 1 heterocycles. The number of nitrogens with two attached hydrogens (primary N) is 1. The molecule has 5 heteroatoms. The Kier molecular flexibility index (Phi) is 2.72. The number of fused-ring (bicyclic) bond motifs is 1. The molecule has 0 fully saturated rings. The summed E-state index contributed by atoms with van der Waals surface area (Å²) < 4.78 is 25.8. The van der Waals surface area contributed by atoms with Crippen molar-refractivity contribution in [2.75, 3.05) is 5.73 Å². The molecule has 0 saturated heterocycles. The minimum atomic E-state index is -2.59. The van der Waals surface area contributed by atoms with Crippen molar-refractivity contribution in [1.29, 1.82) is 0 Å². The maximum atomic E-state index is 12.5. The second-order valence-electron chi connectivity index (χ2n) is 3.07. The van der Waals surface area contributed by atoms with Crippen LogP contribution in [-0.4, -0.2) is 4.98 Å². The zero-order chi connectivity index (χ0) is 11.0. The van der Waals surface area contributed by atoms with Crippen LogP contribution in [0, 0.1) is 3.57 Å². The first-order chi connectivity index (χ1) is 7.09. The molecule has 1 aromatic heterocycles. The van der Waals surface area contributed by atoms with E-state index in [-0.39, 0.29) is 5.69 Å². The number of hydrogen-bond donors (Lipinski definition) is 1. The Morgan fingerprint density at radius 1 is 1.33 bits per heavy atom. The molecule has 0 aliphatic heterocycles. The molecule has 0 amide bonds. The molecule has 78 valence electrons. The maximum absolute atomic E-state index is 12.5. The van der Waals surface area contributed by atoms with E-state index in [0.717, 1.165) is 3.57 Å². The highest BCUT2D eigenvalue weighted by Crippen LogP contribution is 2.28. The van der Waals surface area contributed by atoms with Crippen LogP contribution in [0.15, 0.2) is 24.3 Å². The highest BCUT2D eigenvalue weighted by molar-refractivity contribution is 14.1. The summed E-state index contributed by atoms with van der Waals surface area (Å²) in [7, 11) is 0. The quantitative estimate of drug-likeness (QED) is 0.819. The maximum Gasteiger partial charge on any atom is 0.280 e. The van der Waals surface area contributed by atoms with E-state index < -0.39 is 6.43 Å². The summed E-state index contributed by atoms with van der Waals surface area (Å²) in [6, 6.07) is 6.63. The third-order valence-corrected chi connectivity index (χ3v) is 2.94. The van der Waals surface area contributed by atoms with Gasteiger partial charge in [-0.3, -0.25) is 0 Å². The number of rotatable bonds is 1. The number of aromatic nitrogens is 1. The van der Waals surface area contributed by atoms with Gasteiger partial charge in [0.05, 0.1) is 5.52 Å². The minimum absolute atomic E-state index is 0.274. The van der Waals surface area contributed by atoms with E-state index in [2.05, 4.69) is 27.6 Å². The van der Waals surface area contributed by atoms with E-state index in [1.807, 2.05) is 12.1 Å². The molecule has 0 saturated carbocycles. The molecule has 0 bridgehead atoms. The number of benzene rings is 1. The highest BCUT2D eigenvalue weighted by Gasteiger charge is 2.12. The largest absolute Gasteiger partial charge is 0.398 e. The second kappa shape index (κ2) is 3.88. The normalized spacial score (nSPS) is 11.2. The molecular weight excluding hydrogens is 313 g/mol. The monoisotopic (exact) mass is 320 g/mol. The van der Waals surface area contributed by atoms with Gasteiger partial charge >= 0.3 is 0 Å². The third kappa shape index (κ3) is 1.88. The van der Waals surface area contributed by atoms with Gasteiger partial charge < -0.3 is 5.73 Å². The van der Waals surface area contributed by atoms with Crippen molar-refractivity contribution >= 4 is 39.2 Å². The third-order valence-electron chi connectivity index (χ3n) is 2.07. The van der Waals surface area contributed by atoms with Crippen LogP contribution in [0.4, 0.5) is 14.5 Å². The van der Waals surface area contributed by atoms with Crippen LogP contribution in [0.3, 0.4) is 0 Å². The Morgan fingerprint density at radius 3 is 2.73 bits per heavy atom. The summed E-state index contributed by atoms with van der Waals surface area (Å²) in [6.07, 6.45) is -2.59. The second-order valence-corrected chi connectivity index (χ2v) is 4.24. The summed E-state index contributed by atoms with van der Waals surface area (Å²) in [5, 5.41) is 0.714. The first-order valence-electron chi connectivity index (χ1n) is 4.22. The molecule has 15 heavy (non-hydrogen) atoms. The fourth-order valence-electron chi connectivity index (χ4n) is 1.37. The molecule has 0 radical (unpaired) electrons. The summed E-state index contributed by atoms with van der Waals surface area (Å²) >= 11 is 2.05. The molecule has 0 spiro atoms. The average molecular weight is 320 g/mol. The van der Waals surface area contributed by atoms with Gasteiger partial charge in [0.15, 0.2) is 0 Å². The van der Waals surface area contributed by atoms with E-state index >= 15 is 0 Å². The Bertz CT molecular complexity index is 514. The van der Waals surface area contributed by atoms with Crippen LogP contribution in [0.1, 0.15) is 12.1 Å². The number of hydrogen-bond acceptors (Lipinski definition) is 2. The van der Waals surface area contributed by atoms with Gasteiger partial charge in [0.25, 0.3) is 6.43 Å². The summed E-state index contributed by atoms with van der Waals surface area (Å²) in [5.41, 5.74) is 6.29. The van der Waals surface area contributed by atoms with Gasteiger partial charge in [-0.15, -0.1) is 0 Å². The lowest BCUT2D eigenvalue weighted by Gasteiger charge is -2.06. The first kappa shape index (κ1) is 10.5. The molecule has 2 aromatic rings. The van der Waals surface area contributed by atoms with E-state index in [1.54, 1.807) is 6.07 Å². The summed E-state index contributed by atoms with van der Waals surface area (Å²) in [6.45, 7) is 0. The van der Waals surface area contributed by atoms with Gasteiger partial charge in [-0.25, -0.2) is 13.8 Å². The molecule has 2 rings (SSSR count). The molecule has 0 atom stereocenters. The number of nitrogen functional groups attached to an aromatic ring is 1. The van der Waals surface area contributed by atoms with Crippen LogP contribution in [0.5, 0.6) is 0 Å². The first-order valence-corrected chi connectivity index (χ1v) is 5.30. The molecule has 2 nitrogen and oxygen atoms in total. The van der Waals surface area contributed by atoms with Gasteiger partial charge in [-0.05, 0) is 34.7 Å². The smallest absolute Gasteiger partial charge is 0.280 e. The van der Waals surface area contributed by atoms with E-state index in [1.165, 1.54) is 6.07 Å². The van der Waals surface area contributed by atoms with Crippen LogP contribution in [-0.2, 0) is 0 Å². The van der Waals surface area contributed by atoms with E-state index in [0.29, 0.717) is 16.6 Å². The van der Waals surface area contributed by atoms with Crippen LogP contribution >= 0.6 is 22.6 Å². The Morgan fingerprint density at radius 2 is 2.07 bits per heavy atom. The van der Waals surface area contributed by atoms with Crippen molar-refractivity contribution in [3.05, 3.63) is 33.5 Å².